The van der Waals surface area contributed by atoms with E-state index in [1.165, 1.54) is 11.5 Å². The smallest absolute Gasteiger partial charge is 0.0701 e. The van der Waals surface area contributed by atoms with Gasteiger partial charge >= 0.3 is 0 Å². The molecule has 0 radical (unpaired) electrons. The van der Waals surface area contributed by atoms with Gasteiger partial charge in [0.25, 0.3) is 0 Å². The minimum atomic E-state index is 0.0583. The Morgan fingerprint density at radius 2 is 2.29 bits per heavy atom. The molecule has 3 N–H and O–H groups in total. The van der Waals surface area contributed by atoms with Crippen LogP contribution in [0.15, 0.2) is 18.5 Å². The molecule has 2 fully saturated rings. The van der Waals surface area contributed by atoms with Crippen molar-refractivity contribution in [2.24, 2.45) is 11.8 Å². The SMILES string of the molecule is NNC(c1ccncc1Cl)C1CCOC2(CCSCC2)C1. The third kappa shape index (κ3) is 3.37. The molecular formula is C15H22ClN3OS. The molecule has 2 aliphatic rings. The highest BCUT2D eigenvalue weighted by atomic mass is 35.5. The monoisotopic (exact) mass is 327 g/mol. The number of thioether (sulfide) groups is 1. The van der Waals surface area contributed by atoms with Gasteiger partial charge in [-0.15, -0.1) is 0 Å². The molecule has 0 saturated carbocycles. The van der Waals surface area contributed by atoms with Crippen LogP contribution in [0.4, 0.5) is 0 Å². The summed E-state index contributed by atoms with van der Waals surface area (Å²) in [5.74, 6) is 8.69. The fourth-order valence-electron chi connectivity index (χ4n) is 3.56. The number of rotatable bonds is 3. The molecule has 0 aromatic carbocycles. The molecule has 1 aromatic heterocycles. The van der Waals surface area contributed by atoms with Gasteiger partial charge in [-0.2, -0.15) is 11.8 Å². The second-order valence-electron chi connectivity index (χ2n) is 5.94. The maximum absolute atomic E-state index is 6.30. The average Bonchev–Trinajstić information content (AvgIpc) is 2.51. The molecule has 116 valence electrons. The standard InChI is InChI=1S/C15H22ClN3OS/c16-13-10-18-5-1-12(13)14(19-17)11-2-6-20-15(9-11)3-7-21-8-4-15/h1,5,10-11,14,19H,2-4,6-9,17H2. The van der Waals surface area contributed by atoms with Gasteiger partial charge in [0.1, 0.15) is 0 Å². The highest BCUT2D eigenvalue weighted by Gasteiger charge is 2.41. The Labute approximate surface area is 135 Å². The van der Waals surface area contributed by atoms with Gasteiger partial charge in [-0.05, 0) is 54.7 Å². The Bertz CT molecular complexity index is 476. The molecule has 1 aromatic rings. The first-order valence-corrected chi connectivity index (χ1v) is 9.05. The van der Waals surface area contributed by atoms with E-state index in [2.05, 4.69) is 10.4 Å². The zero-order chi connectivity index (χ0) is 14.7. The van der Waals surface area contributed by atoms with Crippen LogP contribution in [0, 0.1) is 5.92 Å². The molecule has 1 spiro atoms. The van der Waals surface area contributed by atoms with E-state index in [0.717, 1.165) is 37.9 Å². The maximum Gasteiger partial charge on any atom is 0.0701 e. The number of aromatic nitrogens is 1. The quantitative estimate of drug-likeness (QED) is 0.660. The Hall–Kier alpha value is -0.330. The summed E-state index contributed by atoms with van der Waals surface area (Å²) in [4.78, 5) is 4.06. The summed E-state index contributed by atoms with van der Waals surface area (Å²) in [5.41, 5.74) is 4.08. The first-order valence-electron chi connectivity index (χ1n) is 7.51. The molecule has 3 heterocycles. The van der Waals surface area contributed by atoms with Crippen molar-refractivity contribution < 1.29 is 4.74 Å². The van der Waals surface area contributed by atoms with E-state index in [1.807, 2.05) is 17.8 Å². The molecule has 4 nitrogen and oxygen atoms in total. The maximum atomic E-state index is 6.30. The molecule has 0 amide bonds. The number of ether oxygens (including phenoxy) is 1. The first kappa shape index (κ1) is 15.6. The second-order valence-corrected chi connectivity index (χ2v) is 7.57. The number of hydrogen-bond donors (Lipinski definition) is 2. The average molecular weight is 328 g/mol. The van der Waals surface area contributed by atoms with E-state index in [-0.39, 0.29) is 11.6 Å². The predicted octanol–water partition coefficient (Wildman–Crippen LogP) is 2.93. The Morgan fingerprint density at radius 1 is 1.48 bits per heavy atom. The molecule has 0 bridgehead atoms. The van der Waals surface area contributed by atoms with Gasteiger partial charge in [-0.3, -0.25) is 16.3 Å². The lowest BCUT2D eigenvalue weighted by atomic mass is 9.77. The van der Waals surface area contributed by atoms with Crippen molar-refractivity contribution in [2.45, 2.75) is 37.3 Å². The number of hydrazine groups is 1. The van der Waals surface area contributed by atoms with Gasteiger partial charge in [0.05, 0.1) is 16.7 Å². The van der Waals surface area contributed by atoms with Gasteiger partial charge in [0.15, 0.2) is 0 Å². The van der Waals surface area contributed by atoms with Gasteiger partial charge < -0.3 is 4.74 Å². The van der Waals surface area contributed by atoms with Crippen LogP contribution in [-0.2, 0) is 4.74 Å². The number of nitrogens with two attached hydrogens (primary N) is 1. The van der Waals surface area contributed by atoms with Crippen LogP contribution in [0.2, 0.25) is 5.02 Å². The molecule has 3 rings (SSSR count). The fourth-order valence-corrected chi connectivity index (χ4v) is 5.03. The summed E-state index contributed by atoms with van der Waals surface area (Å²) >= 11 is 8.33. The molecule has 21 heavy (non-hydrogen) atoms. The molecule has 2 aliphatic heterocycles. The van der Waals surface area contributed by atoms with Crippen LogP contribution in [0.25, 0.3) is 0 Å². The van der Waals surface area contributed by atoms with Crippen molar-refractivity contribution in [2.75, 3.05) is 18.1 Å². The van der Waals surface area contributed by atoms with Crippen molar-refractivity contribution in [3.63, 3.8) is 0 Å². The minimum Gasteiger partial charge on any atom is -0.375 e. The van der Waals surface area contributed by atoms with Crippen LogP contribution in [0.3, 0.4) is 0 Å². The highest BCUT2D eigenvalue weighted by Crippen LogP contribution is 2.44. The number of halogens is 1. The van der Waals surface area contributed by atoms with Crippen molar-refractivity contribution >= 4 is 23.4 Å². The van der Waals surface area contributed by atoms with Crippen molar-refractivity contribution in [1.29, 1.82) is 0 Å². The fraction of sp³-hybridized carbons (Fsp3) is 0.667. The molecular weight excluding hydrogens is 306 g/mol. The van der Waals surface area contributed by atoms with E-state index >= 15 is 0 Å². The summed E-state index contributed by atoms with van der Waals surface area (Å²) < 4.78 is 6.17. The summed E-state index contributed by atoms with van der Waals surface area (Å²) in [6.45, 7) is 0.816. The van der Waals surface area contributed by atoms with Crippen LogP contribution < -0.4 is 11.3 Å². The first-order chi connectivity index (χ1) is 10.2. The third-order valence-corrected chi connectivity index (χ3v) is 6.03. The van der Waals surface area contributed by atoms with Crippen molar-refractivity contribution in [1.82, 2.24) is 10.4 Å². The molecule has 2 saturated heterocycles. The van der Waals surface area contributed by atoms with Crippen LogP contribution in [0.5, 0.6) is 0 Å². The molecule has 6 heteroatoms. The number of nitrogens with zero attached hydrogens (tertiary/aromatic N) is 1. The summed E-state index contributed by atoms with van der Waals surface area (Å²) in [7, 11) is 0. The number of hydrogen-bond acceptors (Lipinski definition) is 5. The number of nitrogens with one attached hydrogen (secondary N) is 1. The van der Waals surface area contributed by atoms with Crippen molar-refractivity contribution in [3.8, 4) is 0 Å². The minimum absolute atomic E-state index is 0.0583. The zero-order valence-corrected chi connectivity index (χ0v) is 13.6. The van der Waals surface area contributed by atoms with E-state index in [4.69, 9.17) is 22.2 Å². The van der Waals surface area contributed by atoms with Crippen LogP contribution >= 0.6 is 23.4 Å². The predicted molar refractivity (Wildman–Crippen MR) is 87.3 cm³/mol. The van der Waals surface area contributed by atoms with Gasteiger partial charge in [-0.25, -0.2) is 0 Å². The van der Waals surface area contributed by atoms with Crippen LogP contribution in [0.1, 0.15) is 37.3 Å². The highest BCUT2D eigenvalue weighted by molar-refractivity contribution is 7.99. The Balaban J connectivity index is 1.79. The summed E-state index contributed by atoms with van der Waals surface area (Å²) in [6.07, 6.45) is 7.83. The molecule has 2 atom stereocenters. The van der Waals surface area contributed by atoms with Gasteiger partial charge in [0.2, 0.25) is 0 Å². The van der Waals surface area contributed by atoms with Gasteiger partial charge in [-0.1, -0.05) is 11.6 Å². The lowest BCUT2D eigenvalue weighted by Crippen LogP contribution is -2.46. The summed E-state index contributed by atoms with van der Waals surface area (Å²) in [6, 6.07) is 2.03. The zero-order valence-electron chi connectivity index (χ0n) is 12.1. The topological polar surface area (TPSA) is 60.2 Å². The molecule has 0 aliphatic carbocycles. The van der Waals surface area contributed by atoms with Crippen LogP contribution in [-0.4, -0.2) is 28.7 Å². The Morgan fingerprint density at radius 3 is 3.00 bits per heavy atom. The summed E-state index contributed by atoms with van der Waals surface area (Å²) in [5, 5.41) is 0.681. The van der Waals surface area contributed by atoms with E-state index in [1.54, 1.807) is 12.4 Å². The van der Waals surface area contributed by atoms with E-state index < -0.39 is 0 Å². The van der Waals surface area contributed by atoms with Crippen molar-refractivity contribution in [3.05, 3.63) is 29.0 Å². The largest absolute Gasteiger partial charge is 0.375 e. The van der Waals surface area contributed by atoms with E-state index in [9.17, 15) is 0 Å². The number of pyridine rings is 1. The molecule has 2 unspecified atom stereocenters. The lowest BCUT2D eigenvalue weighted by molar-refractivity contribution is -0.107. The second kappa shape index (κ2) is 6.84. The normalized spacial score (nSPS) is 26.7. The third-order valence-electron chi connectivity index (χ3n) is 4.72. The van der Waals surface area contributed by atoms with Gasteiger partial charge in [0, 0.05) is 19.0 Å². The Kier molecular flexibility index (Phi) is 5.07. The van der Waals surface area contributed by atoms with E-state index in [0.29, 0.717) is 10.9 Å². The lowest BCUT2D eigenvalue weighted by Gasteiger charge is -2.45.